The summed E-state index contributed by atoms with van der Waals surface area (Å²) in [5.74, 6) is -0.886. The van der Waals surface area contributed by atoms with Crippen LogP contribution in [0.25, 0.3) is 10.8 Å². The van der Waals surface area contributed by atoms with Crippen LogP contribution < -0.4 is 5.32 Å². The number of amides is 1. The highest BCUT2D eigenvalue weighted by Crippen LogP contribution is 2.26. The molecule has 3 aromatic rings. The maximum Gasteiger partial charge on any atom is 0.252 e. The Morgan fingerprint density at radius 1 is 1.12 bits per heavy atom. The van der Waals surface area contributed by atoms with Crippen LogP contribution in [0.5, 0.6) is 0 Å². The van der Waals surface area contributed by atoms with Crippen LogP contribution >= 0.6 is 11.6 Å². The topological polar surface area (TPSA) is 49.3 Å². The van der Waals surface area contributed by atoms with Gasteiger partial charge in [-0.25, -0.2) is 4.39 Å². The minimum Gasteiger partial charge on any atom is -0.388 e. The molecule has 0 saturated carbocycles. The van der Waals surface area contributed by atoms with E-state index in [9.17, 15) is 14.3 Å². The quantitative estimate of drug-likeness (QED) is 0.707. The van der Waals surface area contributed by atoms with Gasteiger partial charge >= 0.3 is 0 Å². The Labute approximate surface area is 150 Å². The van der Waals surface area contributed by atoms with Crippen LogP contribution in [0.4, 0.5) is 4.39 Å². The Bertz CT molecular complexity index is 908. The average molecular weight is 358 g/mol. The monoisotopic (exact) mass is 357 g/mol. The van der Waals surface area contributed by atoms with E-state index in [0.29, 0.717) is 6.42 Å². The van der Waals surface area contributed by atoms with E-state index in [2.05, 4.69) is 5.32 Å². The predicted octanol–water partition coefficient (Wildman–Crippen LogP) is 4.49. The van der Waals surface area contributed by atoms with E-state index in [-0.39, 0.29) is 17.1 Å². The van der Waals surface area contributed by atoms with E-state index >= 15 is 0 Å². The van der Waals surface area contributed by atoms with Gasteiger partial charge in [-0.3, -0.25) is 4.79 Å². The normalized spacial score (nSPS) is 12.1. The summed E-state index contributed by atoms with van der Waals surface area (Å²) < 4.78 is 13.0. The van der Waals surface area contributed by atoms with Crippen LogP contribution in [0.1, 0.15) is 28.4 Å². The van der Waals surface area contributed by atoms with Crippen molar-refractivity contribution in [3.63, 3.8) is 0 Å². The number of halogens is 2. The Kier molecular flexibility index (Phi) is 5.31. The van der Waals surface area contributed by atoms with Crippen molar-refractivity contribution in [2.75, 3.05) is 6.54 Å². The Hall–Kier alpha value is -2.43. The molecule has 0 heterocycles. The van der Waals surface area contributed by atoms with Crippen LogP contribution in [0.2, 0.25) is 5.02 Å². The second-order valence-corrected chi connectivity index (χ2v) is 6.16. The maximum atomic E-state index is 13.0. The third-order valence-corrected chi connectivity index (χ3v) is 4.37. The number of hydrogen-bond acceptors (Lipinski definition) is 2. The van der Waals surface area contributed by atoms with Crippen molar-refractivity contribution in [3.05, 3.63) is 82.6 Å². The van der Waals surface area contributed by atoms with Crippen LogP contribution in [0.15, 0.2) is 60.7 Å². The lowest BCUT2D eigenvalue weighted by Crippen LogP contribution is -2.26. The number of aliphatic hydroxyl groups is 1. The highest BCUT2D eigenvalue weighted by molar-refractivity contribution is 6.33. The van der Waals surface area contributed by atoms with Gasteiger partial charge in [0, 0.05) is 6.54 Å². The minimum absolute atomic E-state index is 0.0621. The van der Waals surface area contributed by atoms with Crippen LogP contribution in [-0.2, 0) is 0 Å². The summed E-state index contributed by atoms with van der Waals surface area (Å²) in [6.45, 7) is 0.275. The lowest BCUT2D eigenvalue weighted by atomic mass is 9.99. The molecule has 0 aliphatic rings. The Morgan fingerprint density at radius 2 is 1.88 bits per heavy atom. The van der Waals surface area contributed by atoms with Gasteiger partial charge < -0.3 is 10.4 Å². The second kappa shape index (κ2) is 7.64. The van der Waals surface area contributed by atoms with E-state index in [1.165, 1.54) is 12.1 Å². The fourth-order valence-electron chi connectivity index (χ4n) is 2.79. The molecular weight excluding hydrogens is 341 g/mol. The number of fused-ring (bicyclic) bond motifs is 1. The zero-order valence-corrected chi connectivity index (χ0v) is 14.1. The van der Waals surface area contributed by atoms with E-state index in [1.807, 2.05) is 42.5 Å². The van der Waals surface area contributed by atoms with Gasteiger partial charge in [0.2, 0.25) is 0 Å². The number of aliphatic hydroxyl groups excluding tert-OH is 1. The molecule has 0 bridgehead atoms. The molecule has 0 spiro atoms. The molecule has 3 aromatic carbocycles. The van der Waals surface area contributed by atoms with Crippen molar-refractivity contribution in [1.82, 2.24) is 5.32 Å². The molecule has 2 N–H and O–H groups in total. The van der Waals surface area contributed by atoms with Crippen LogP contribution in [0, 0.1) is 5.82 Å². The third-order valence-electron chi connectivity index (χ3n) is 4.06. The van der Waals surface area contributed by atoms with Crippen molar-refractivity contribution in [3.8, 4) is 0 Å². The number of hydrogen-bond donors (Lipinski definition) is 2. The Balaban J connectivity index is 1.64. The van der Waals surface area contributed by atoms with E-state index < -0.39 is 17.8 Å². The highest BCUT2D eigenvalue weighted by Gasteiger charge is 2.14. The second-order valence-electron chi connectivity index (χ2n) is 5.75. The van der Waals surface area contributed by atoms with Crippen molar-refractivity contribution < 1.29 is 14.3 Å². The molecule has 5 heteroatoms. The largest absolute Gasteiger partial charge is 0.388 e. The summed E-state index contributed by atoms with van der Waals surface area (Å²) in [7, 11) is 0. The molecule has 1 amide bonds. The standard InChI is InChI=1S/C20H17ClFNO2/c21-18-12-14(22)8-9-17(18)20(25)23-11-10-19(24)16-7-3-5-13-4-1-2-6-15(13)16/h1-9,12,19,24H,10-11H2,(H,23,25). The molecule has 0 aromatic heterocycles. The summed E-state index contributed by atoms with van der Waals surface area (Å²) in [5, 5.41) is 15.3. The number of benzene rings is 3. The Morgan fingerprint density at radius 3 is 2.68 bits per heavy atom. The summed E-state index contributed by atoms with van der Waals surface area (Å²) >= 11 is 5.88. The molecule has 0 aliphatic heterocycles. The molecule has 1 atom stereocenters. The zero-order valence-electron chi connectivity index (χ0n) is 13.4. The molecule has 1 unspecified atom stereocenters. The summed E-state index contributed by atoms with van der Waals surface area (Å²) in [6.07, 6.45) is -0.339. The first kappa shape index (κ1) is 17.4. The molecule has 0 fully saturated rings. The predicted molar refractivity (Wildman–Crippen MR) is 97.3 cm³/mol. The SMILES string of the molecule is O=C(NCCC(O)c1cccc2ccccc12)c1ccc(F)cc1Cl. The minimum atomic E-state index is -0.699. The van der Waals surface area contributed by atoms with Crippen molar-refractivity contribution >= 4 is 28.3 Å². The van der Waals surface area contributed by atoms with E-state index in [0.717, 1.165) is 22.4 Å². The van der Waals surface area contributed by atoms with Gasteiger partial charge in [0.15, 0.2) is 0 Å². The third kappa shape index (κ3) is 3.98. The van der Waals surface area contributed by atoms with Gasteiger partial charge in [0.1, 0.15) is 5.82 Å². The van der Waals surface area contributed by atoms with Crippen LogP contribution in [0.3, 0.4) is 0 Å². The van der Waals surface area contributed by atoms with E-state index in [1.54, 1.807) is 0 Å². The average Bonchev–Trinajstić information content (AvgIpc) is 2.61. The van der Waals surface area contributed by atoms with Crippen molar-refractivity contribution in [2.24, 2.45) is 0 Å². The fourth-order valence-corrected chi connectivity index (χ4v) is 3.04. The van der Waals surface area contributed by atoms with Crippen molar-refractivity contribution in [2.45, 2.75) is 12.5 Å². The lowest BCUT2D eigenvalue weighted by Gasteiger charge is -2.14. The van der Waals surface area contributed by atoms with Crippen LogP contribution in [-0.4, -0.2) is 17.6 Å². The summed E-state index contributed by atoms with van der Waals surface area (Å²) in [4.78, 5) is 12.1. The molecule has 3 nitrogen and oxygen atoms in total. The summed E-state index contributed by atoms with van der Waals surface area (Å²) in [5.41, 5.74) is 1.04. The number of nitrogens with one attached hydrogen (secondary N) is 1. The van der Waals surface area contributed by atoms with Gasteiger partial charge in [-0.2, -0.15) is 0 Å². The highest BCUT2D eigenvalue weighted by atomic mass is 35.5. The molecule has 0 saturated heterocycles. The first-order valence-corrected chi connectivity index (χ1v) is 8.33. The van der Waals surface area contributed by atoms with Crippen molar-refractivity contribution in [1.29, 1.82) is 0 Å². The number of carbonyl (C=O) groups excluding carboxylic acids is 1. The van der Waals surface area contributed by atoms with Gasteiger partial charge in [-0.15, -0.1) is 0 Å². The summed E-state index contributed by atoms with van der Waals surface area (Å²) in [6, 6.07) is 17.2. The maximum absolute atomic E-state index is 13.0. The molecular formula is C20H17ClFNO2. The fraction of sp³-hybridized carbons (Fsp3) is 0.150. The van der Waals surface area contributed by atoms with Gasteiger partial charge in [-0.05, 0) is 41.0 Å². The first-order chi connectivity index (χ1) is 12.1. The molecule has 25 heavy (non-hydrogen) atoms. The molecule has 0 radical (unpaired) electrons. The van der Waals surface area contributed by atoms with Gasteiger partial charge in [0.25, 0.3) is 5.91 Å². The van der Waals surface area contributed by atoms with Gasteiger partial charge in [0.05, 0.1) is 16.7 Å². The lowest BCUT2D eigenvalue weighted by molar-refractivity contribution is 0.0943. The van der Waals surface area contributed by atoms with Gasteiger partial charge in [-0.1, -0.05) is 54.1 Å². The van der Waals surface area contributed by atoms with E-state index in [4.69, 9.17) is 11.6 Å². The molecule has 3 rings (SSSR count). The number of rotatable bonds is 5. The molecule has 128 valence electrons. The number of carbonyl (C=O) groups is 1. The first-order valence-electron chi connectivity index (χ1n) is 7.95. The molecule has 0 aliphatic carbocycles. The zero-order chi connectivity index (χ0) is 17.8. The smallest absolute Gasteiger partial charge is 0.252 e.